The van der Waals surface area contributed by atoms with Crippen molar-refractivity contribution in [3.63, 3.8) is 0 Å². The zero-order chi connectivity index (χ0) is 14.1. The molecule has 2 N–H and O–H groups in total. The number of likely N-dealkylation sites (N-methyl/N-ethyl adjacent to an activating group) is 1. The van der Waals surface area contributed by atoms with Gasteiger partial charge in [0.2, 0.25) is 5.91 Å². The monoisotopic (exact) mass is 277 g/mol. The fourth-order valence-corrected chi connectivity index (χ4v) is 2.90. The number of aromatic nitrogens is 2. The van der Waals surface area contributed by atoms with Crippen molar-refractivity contribution >= 4 is 11.9 Å². The van der Waals surface area contributed by atoms with Crippen LogP contribution in [0, 0.1) is 0 Å². The quantitative estimate of drug-likeness (QED) is 0.807. The van der Waals surface area contributed by atoms with Crippen LogP contribution >= 0.6 is 0 Å². The molecular formula is C13H19N5O2. The van der Waals surface area contributed by atoms with E-state index in [1.54, 1.807) is 13.2 Å². The van der Waals surface area contributed by atoms with Gasteiger partial charge in [0.1, 0.15) is 11.9 Å². The Balaban J connectivity index is 1.56. The van der Waals surface area contributed by atoms with Crippen LogP contribution in [-0.2, 0) is 4.79 Å². The van der Waals surface area contributed by atoms with Crippen molar-refractivity contribution in [2.75, 3.05) is 26.7 Å². The summed E-state index contributed by atoms with van der Waals surface area (Å²) in [5, 5.41) is 2.72. The van der Waals surface area contributed by atoms with E-state index < -0.39 is 6.04 Å². The summed E-state index contributed by atoms with van der Waals surface area (Å²) < 4.78 is 0. The van der Waals surface area contributed by atoms with Gasteiger partial charge in [0.25, 0.3) is 0 Å². The summed E-state index contributed by atoms with van der Waals surface area (Å²) >= 11 is 0. The van der Waals surface area contributed by atoms with Gasteiger partial charge in [-0.1, -0.05) is 0 Å². The summed E-state index contributed by atoms with van der Waals surface area (Å²) in [5.74, 6) is 1.43. The van der Waals surface area contributed by atoms with Crippen LogP contribution in [0.3, 0.4) is 0 Å². The van der Waals surface area contributed by atoms with Crippen LogP contribution in [0.2, 0.25) is 0 Å². The lowest BCUT2D eigenvalue weighted by molar-refractivity contribution is -0.133. The van der Waals surface area contributed by atoms with Crippen LogP contribution in [0.4, 0.5) is 4.79 Å². The van der Waals surface area contributed by atoms with Crippen molar-refractivity contribution in [2.24, 2.45) is 0 Å². The minimum Gasteiger partial charge on any atom is -0.348 e. The second kappa shape index (κ2) is 5.15. The molecule has 2 aliphatic rings. The Morgan fingerprint density at radius 3 is 2.70 bits per heavy atom. The van der Waals surface area contributed by atoms with Crippen molar-refractivity contribution in [1.29, 1.82) is 0 Å². The van der Waals surface area contributed by atoms with Gasteiger partial charge in [0.15, 0.2) is 0 Å². The summed E-state index contributed by atoms with van der Waals surface area (Å²) in [7, 11) is 1.70. The molecule has 2 saturated heterocycles. The van der Waals surface area contributed by atoms with E-state index in [1.165, 1.54) is 4.90 Å². The molecule has 1 aromatic rings. The van der Waals surface area contributed by atoms with Gasteiger partial charge in [-0.25, -0.2) is 9.78 Å². The molecule has 20 heavy (non-hydrogen) atoms. The zero-order valence-corrected chi connectivity index (χ0v) is 11.5. The normalized spacial score (nSPS) is 24.1. The SMILES string of the molecule is CN1CC(C(=O)N2CCC(c3ncc[nH]3)CC2)NC1=O. The maximum absolute atomic E-state index is 12.3. The van der Waals surface area contributed by atoms with E-state index in [4.69, 9.17) is 0 Å². The summed E-state index contributed by atoms with van der Waals surface area (Å²) in [5.41, 5.74) is 0. The van der Waals surface area contributed by atoms with Gasteiger partial charge >= 0.3 is 6.03 Å². The van der Waals surface area contributed by atoms with Gasteiger partial charge in [0.05, 0.1) is 6.54 Å². The molecule has 0 spiro atoms. The van der Waals surface area contributed by atoms with E-state index in [-0.39, 0.29) is 11.9 Å². The second-order valence-electron chi connectivity index (χ2n) is 5.46. The summed E-state index contributed by atoms with van der Waals surface area (Å²) in [4.78, 5) is 34.6. The predicted molar refractivity (Wildman–Crippen MR) is 72.1 cm³/mol. The molecule has 2 aliphatic heterocycles. The van der Waals surface area contributed by atoms with E-state index in [0.29, 0.717) is 12.5 Å². The molecule has 1 unspecified atom stereocenters. The van der Waals surface area contributed by atoms with E-state index in [0.717, 1.165) is 31.8 Å². The maximum Gasteiger partial charge on any atom is 0.317 e. The fraction of sp³-hybridized carbons (Fsp3) is 0.615. The lowest BCUT2D eigenvalue weighted by atomic mass is 9.95. The first kappa shape index (κ1) is 13.0. The molecule has 7 nitrogen and oxygen atoms in total. The number of urea groups is 1. The number of imidazole rings is 1. The maximum atomic E-state index is 12.3. The Hall–Kier alpha value is -2.05. The summed E-state index contributed by atoms with van der Waals surface area (Å²) in [6.07, 6.45) is 5.42. The van der Waals surface area contributed by atoms with E-state index in [1.807, 2.05) is 11.1 Å². The lowest BCUT2D eigenvalue weighted by Gasteiger charge is -2.32. The average Bonchev–Trinajstić information content (AvgIpc) is 3.09. The minimum atomic E-state index is -0.396. The van der Waals surface area contributed by atoms with Crippen molar-refractivity contribution in [3.8, 4) is 0 Å². The first-order valence-corrected chi connectivity index (χ1v) is 6.95. The molecule has 0 saturated carbocycles. The highest BCUT2D eigenvalue weighted by Crippen LogP contribution is 2.25. The number of H-pyrrole nitrogens is 1. The minimum absolute atomic E-state index is 0.0283. The van der Waals surface area contributed by atoms with Crippen molar-refractivity contribution in [1.82, 2.24) is 25.1 Å². The molecule has 1 atom stereocenters. The highest BCUT2D eigenvalue weighted by Gasteiger charge is 2.35. The molecular weight excluding hydrogens is 258 g/mol. The third-order valence-corrected chi connectivity index (χ3v) is 4.11. The van der Waals surface area contributed by atoms with E-state index in [2.05, 4.69) is 15.3 Å². The van der Waals surface area contributed by atoms with Crippen LogP contribution in [0.5, 0.6) is 0 Å². The largest absolute Gasteiger partial charge is 0.348 e. The summed E-state index contributed by atoms with van der Waals surface area (Å²) in [6.45, 7) is 1.90. The number of likely N-dealkylation sites (tertiary alicyclic amines) is 1. The molecule has 1 aromatic heterocycles. The standard InChI is InChI=1S/C13H19N5O2/c1-17-8-10(16-13(17)20)12(19)18-6-2-9(3-7-18)11-14-4-5-15-11/h4-5,9-10H,2-3,6-8H2,1H3,(H,14,15)(H,16,20). The Kier molecular flexibility index (Phi) is 3.33. The average molecular weight is 277 g/mol. The molecule has 108 valence electrons. The first-order valence-electron chi connectivity index (χ1n) is 6.95. The van der Waals surface area contributed by atoms with Crippen LogP contribution in [0.15, 0.2) is 12.4 Å². The zero-order valence-electron chi connectivity index (χ0n) is 11.5. The lowest BCUT2D eigenvalue weighted by Crippen LogP contribution is -2.48. The third kappa shape index (κ3) is 2.35. The Morgan fingerprint density at radius 1 is 1.40 bits per heavy atom. The van der Waals surface area contributed by atoms with Gasteiger partial charge in [-0.3, -0.25) is 4.79 Å². The number of hydrogen-bond acceptors (Lipinski definition) is 3. The Bertz CT molecular complexity index is 493. The molecule has 0 bridgehead atoms. The molecule has 2 fully saturated rings. The number of carbonyl (C=O) groups is 2. The summed E-state index contributed by atoms with van der Waals surface area (Å²) in [6, 6.07) is -0.568. The van der Waals surface area contributed by atoms with E-state index in [9.17, 15) is 9.59 Å². The second-order valence-corrected chi connectivity index (χ2v) is 5.46. The van der Waals surface area contributed by atoms with Crippen molar-refractivity contribution < 1.29 is 9.59 Å². The van der Waals surface area contributed by atoms with Crippen LogP contribution < -0.4 is 5.32 Å². The van der Waals surface area contributed by atoms with Gasteiger partial charge in [-0.05, 0) is 12.8 Å². The van der Waals surface area contributed by atoms with Gasteiger partial charge in [0, 0.05) is 38.4 Å². The Labute approximate surface area is 117 Å². The molecule has 3 amide bonds. The number of piperidine rings is 1. The number of aromatic amines is 1. The predicted octanol–water partition coefficient (Wildman–Crippen LogP) is 0.139. The van der Waals surface area contributed by atoms with Gasteiger partial charge in [-0.15, -0.1) is 0 Å². The highest BCUT2D eigenvalue weighted by molar-refractivity contribution is 5.90. The third-order valence-electron chi connectivity index (χ3n) is 4.11. The van der Waals surface area contributed by atoms with Crippen molar-refractivity contribution in [3.05, 3.63) is 18.2 Å². The molecule has 7 heteroatoms. The number of carbonyl (C=O) groups excluding carboxylic acids is 2. The number of nitrogens with zero attached hydrogens (tertiary/aromatic N) is 3. The Morgan fingerprint density at radius 2 is 2.15 bits per heavy atom. The molecule has 0 aromatic carbocycles. The number of amides is 3. The number of hydrogen-bond donors (Lipinski definition) is 2. The molecule has 3 heterocycles. The van der Waals surface area contributed by atoms with Crippen molar-refractivity contribution in [2.45, 2.75) is 24.8 Å². The van der Waals surface area contributed by atoms with Crippen LogP contribution in [-0.4, -0.2) is 64.4 Å². The van der Waals surface area contributed by atoms with Crippen LogP contribution in [0.1, 0.15) is 24.6 Å². The topological polar surface area (TPSA) is 81.3 Å². The fourth-order valence-electron chi connectivity index (χ4n) is 2.90. The highest BCUT2D eigenvalue weighted by atomic mass is 16.2. The first-order chi connectivity index (χ1) is 9.65. The van der Waals surface area contributed by atoms with Crippen LogP contribution in [0.25, 0.3) is 0 Å². The van der Waals surface area contributed by atoms with Gasteiger partial charge < -0.3 is 20.1 Å². The number of nitrogens with one attached hydrogen (secondary N) is 2. The molecule has 0 radical (unpaired) electrons. The smallest absolute Gasteiger partial charge is 0.317 e. The van der Waals surface area contributed by atoms with Gasteiger partial charge in [-0.2, -0.15) is 0 Å². The molecule has 0 aliphatic carbocycles. The molecule has 3 rings (SSSR count). The number of rotatable bonds is 2. The van der Waals surface area contributed by atoms with E-state index >= 15 is 0 Å².